The summed E-state index contributed by atoms with van der Waals surface area (Å²) >= 11 is 0. The molecular formula is C21H20N4O2. The molecule has 1 aliphatic carbocycles. The lowest BCUT2D eigenvalue weighted by Crippen LogP contribution is -2.15. The molecule has 2 amide bonds. The molecule has 0 bridgehead atoms. The molecule has 6 heteroatoms. The number of amides is 2. The standard InChI is InChI=1S/C21H20N4O2/c1-14(26)22-15-10-12-16(13-11-15)23-21(27)20-18-8-5-9-19(18)25(24-20)17-6-3-2-4-7-17/h2-4,6-7,10-13H,5,8-9H2,1H3,(H,22,26)(H,23,27). The van der Waals surface area contributed by atoms with Crippen LogP contribution in [-0.4, -0.2) is 21.6 Å². The van der Waals surface area contributed by atoms with E-state index in [9.17, 15) is 9.59 Å². The minimum atomic E-state index is -0.213. The molecule has 0 radical (unpaired) electrons. The number of rotatable bonds is 4. The summed E-state index contributed by atoms with van der Waals surface area (Å²) in [5, 5.41) is 10.2. The van der Waals surface area contributed by atoms with Gasteiger partial charge in [-0.2, -0.15) is 5.10 Å². The van der Waals surface area contributed by atoms with Gasteiger partial charge >= 0.3 is 0 Å². The van der Waals surface area contributed by atoms with Crippen LogP contribution in [0.1, 0.15) is 35.1 Å². The summed E-state index contributed by atoms with van der Waals surface area (Å²) in [6.07, 6.45) is 2.83. The van der Waals surface area contributed by atoms with Gasteiger partial charge in [0.05, 0.1) is 5.69 Å². The highest BCUT2D eigenvalue weighted by atomic mass is 16.2. The van der Waals surface area contributed by atoms with Crippen molar-refractivity contribution in [3.8, 4) is 5.69 Å². The maximum atomic E-state index is 12.8. The fraction of sp³-hybridized carbons (Fsp3) is 0.190. The summed E-state index contributed by atoms with van der Waals surface area (Å²) in [6.45, 7) is 1.46. The Balaban J connectivity index is 1.58. The monoisotopic (exact) mass is 360 g/mol. The molecule has 2 N–H and O–H groups in total. The van der Waals surface area contributed by atoms with Crippen LogP contribution in [0.15, 0.2) is 54.6 Å². The van der Waals surface area contributed by atoms with Crippen molar-refractivity contribution in [2.45, 2.75) is 26.2 Å². The molecule has 27 heavy (non-hydrogen) atoms. The fourth-order valence-corrected chi connectivity index (χ4v) is 3.43. The van der Waals surface area contributed by atoms with Gasteiger partial charge in [0.1, 0.15) is 0 Å². The van der Waals surface area contributed by atoms with Crippen molar-refractivity contribution >= 4 is 23.2 Å². The number of aromatic nitrogens is 2. The molecule has 0 atom stereocenters. The number of carbonyl (C=O) groups is 2. The lowest BCUT2D eigenvalue weighted by Gasteiger charge is -2.07. The van der Waals surface area contributed by atoms with Gasteiger partial charge < -0.3 is 10.6 Å². The van der Waals surface area contributed by atoms with Crippen molar-refractivity contribution in [3.05, 3.63) is 71.5 Å². The van der Waals surface area contributed by atoms with Gasteiger partial charge in [-0.15, -0.1) is 0 Å². The van der Waals surface area contributed by atoms with Gasteiger partial charge in [0.15, 0.2) is 5.69 Å². The van der Waals surface area contributed by atoms with Gasteiger partial charge in [-0.25, -0.2) is 4.68 Å². The maximum absolute atomic E-state index is 12.8. The summed E-state index contributed by atoms with van der Waals surface area (Å²) in [5.41, 5.74) is 4.95. The Morgan fingerprint density at radius 1 is 0.926 bits per heavy atom. The quantitative estimate of drug-likeness (QED) is 0.747. The van der Waals surface area contributed by atoms with Crippen molar-refractivity contribution in [2.24, 2.45) is 0 Å². The molecule has 1 aliphatic rings. The zero-order valence-corrected chi connectivity index (χ0v) is 15.0. The highest BCUT2D eigenvalue weighted by Gasteiger charge is 2.26. The van der Waals surface area contributed by atoms with E-state index in [1.807, 2.05) is 35.0 Å². The number of fused-ring (bicyclic) bond motifs is 1. The lowest BCUT2D eigenvalue weighted by atomic mass is 10.2. The first kappa shape index (κ1) is 17.0. The fourth-order valence-electron chi connectivity index (χ4n) is 3.43. The molecule has 3 aromatic rings. The molecule has 0 spiro atoms. The van der Waals surface area contributed by atoms with Crippen LogP contribution in [0.5, 0.6) is 0 Å². The summed E-state index contributed by atoms with van der Waals surface area (Å²) in [6, 6.07) is 16.9. The largest absolute Gasteiger partial charge is 0.326 e. The van der Waals surface area contributed by atoms with Gasteiger partial charge in [0.25, 0.3) is 5.91 Å². The van der Waals surface area contributed by atoms with E-state index in [-0.39, 0.29) is 11.8 Å². The van der Waals surface area contributed by atoms with Crippen LogP contribution in [0.2, 0.25) is 0 Å². The van der Waals surface area contributed by atoms with E-state index in [1.165, 1.54) is 6.92 Å². The summed E-state index contributed by atoms with van der Waals surface area (Å²) < 4.78 is 1.89. The molecule has 4 rings (SSSR count). The zero-order chi connectivity index (χ0) is 18.8. The van der Waals surface area contributed by atoms with Crippen LogP contribution in [-0.2, 0) is 17.6 Å². The van der Waals surface area contributed by atoms with Crippen molar-refractivity contribution in [1.29, 1.82) is 0 Å². The van der Waals surface area contributed by atoms with E-state index in [0.29, 0.717) is 17.1 Å². The minimum absolute atomic E-state index is 0.131. The van der Waals surface area contributed by atoms with Gasteiger partial charge in [-0.3, -0.25) is 9.59 Å². The van der Waals surface area contributed by atoms with E-state index < -0.39 is 0 Å². The van der Waals surface area contributed by atoms with Gasteiger partial charge in [0.2, 0.25) is 5.91 Å². The van der Waals surface area contributed by atoms with Gasteiger partial charge in [0, 0.05) is 29.6 Å². The summed E-state index contributed by atoms with van der Waals surface area (Å²) in [7, 11) is 0. The first-order valence-corrected chi connectivity index (χ1v) is 8.97. The number of hydrogen-bond donors (Lipinski definition) is 2. The van der Waals surface area contributed by atoms with E-state index in [0.717, 1.165) is 36.2 Å². The molecule has 0 saturated heterocycles. The topological polar surface area (TPSA) is 76.0 Å². The highest BCUT2D eigenvalue weighted by molar-refractivity contribution is 6.04. The first-order chi connectivity index (χ1) is 13.1. The van der Waals surface area contributed by atoms with Crippen LogP contribution >= 0.6 is 0 Å². The number of nitrogens with one attached hydrogen (secondary N) is 2. The third-order valence-electron chi connectivity index (χ3n) is 4.61. The molecule has 1 aromatic heterocycles. The number of benzene rings is 2. The number of hydrogen-bond acceptors (Lipinski definition) is 3. The molecule has 0 unspecified atom stereocenters. The predicted octanol–water partition coefficient (Wildman–Crippen LogP) is 3.57. The average molecular weight is 360 g/mol. The number of nitrogens with zero attached hydrogens (tertiary/aromatic N) is 2. The Morgan fingerprint density at radius 2 is 1.59 bits per heavy atom. The average Bonchev–Trinajstić information content (AvgIpc) is 3.26. The van der Waals surface area contributed by atoms with Gasteiger partial charge in [-0.05, 0) is 55.7 Å². The second kappa shape index (κ2) is 7.07. The van der Waals surface area contributed by atoms with Crippen molar-refractivity contribution in [3.63, 3.8) is 0 Å². The second-order valence-corrected chi connectivity index (χ2v) is 6.59. The predicted molar refractivity (Wildman–Crippen MR) is 104 cm³/mol. The van der Waals surface area contributed by atoms with E-state index >= 15 is 0 Å². The second-order valence-electron chi connectivity index (χ2n) is 6.59. The molecule has 1 heterocycles. The van der Waals surface area contributed by atoms with Crippen molar-refractivity contribution in [1.82, 2.24) is 9.78 Å². The minimum Gasteiger partial charge on any atom is -0.326 e. The molecule has 0 aliphatic heterocycles. The number of carbonyl (C=O) groups excluding carboxylic acids is 2. The zero-order valence-electron chi connectivity index (χ0n) is 15.0. The third kappa shape index (κ3) is 3.46. The third-order valence-corrected chi connectivity index (χ3v) is 4.61. The first-order valence-electron chi connectivity index (χ1n) is 8.97. The Hall–Kier alpha value is -3.41. The smallest absolute Gasteiger partial charge is 0.276 e. The van der Waals surface area contributed by atoms with E-state index in [4.69, 9.17) is 0 Å². The van der Waals surface area contributed by atoms with Crippen LogP contribution in [0.4, 0.5) is 11.4 Å². The molecular weight excluding hydrogens is 340 g/mol. The van der Waals surface area contributed by atoms with Crippen molar-refractivity contribution < 1.29 is 9.59 Å². The lowest BCUT2D eigenvalue weighted by molar-refractivity contribution is -0.114. The normalized spacial score (nSPS) is 12.5. The van der Waals surface area contributed by atoms with Crippen LogP contribution in [0.25, 0.3) is 5.69 Å². The Morgan fingerprint density at radius 3 is 2.26 bits per heavy atom. The molecule has 136 valence electrons. The summed E-state index contributed by atoms with van der Waals surface area (Å²) in [4.78, 5) is 23.9. The highest BCUT2D eigenvalue weighted by Crippen LogP contribution is 2.28. The number of para-hydroxylation sites is 1. The Labute approximate surface area is 157 Å². The van der Waals surface area contributed by atoms with E-state index in [1.54, 1.807) is 24.3 Å². The maximum Gasteiger partial charge on any atom is 0.276 e. The van der Waals surface area contributed by atoms with Crippen LogP contribution in [0, 0.1) is 0 Å². The molecule has 2 aromatic carbocycles. The molecule has 6 nitrogen and oxygen atoms in total. The van der Waals surface area contributed by atoms with Gasteiger partial charge in [-0.1, -0.05) is 18.2 Å². The SMILES string of the molecule is CC(=O)Nc1ccc(NC(=O)c2nn(-c3ccccc3)c3c2CCC3)cc1. The Kier molecular flexibility index (Phi) is 4.46. The Bertz CT molecular complexity index is 991. The van der Waals surface area contributed by atoms with E-state index in [2.05, 4.69) is 15.7 Å². The van der Waals surface area contributed by atoms with Crippen LogP contribution < -0.4 is 10.6 Å². The molecule has 0 saturated carbocycles. The van der Waals surface area contributed by atoms with Crippen molar-refractivity contribution in [2.75, 3.05) is 10.6 Å². The molecule has 0 fully saturated rings. The summed E-state index contributed by atoms with van der Waals surface area (Å²) in [5.74, 6) is -0.344. The van der Waals surface area contributed by atoms with Crippen LogP contribution in [0.3, 0.4) is 0 Å². The number of anilines is 2.